The predicted molar refractivity (Wildman–Crippen MR) is 4.30 cm³/mol. The summed E-state index contributed by atoms with van der Waals surface area (Å²) in [7, 11) is 0. The zero-order valence-electron chi connectivity index (χ0n) is 1.64. The van der Waals surface area contributed by atoms with E-state index in [9.17, 15) is 0 Å². The van der Waals surface area contributed by atoms with Gasteiger partial charge in [-0.2, -0.15) is 0 Å². The fourth-order valence-electron chi connectivity index (χ4n) is 0. The van der Waals surface area contributed by atoms with E-state index in [0.29, 0.717) is 0 Å². The molecule has 0 rings (SSSR count). The summed E-state index contributed by atoms with van der Waals surface area (Å²) in [5, 5.41) is 0. The van der Waals surface area contributed by atoms with E-state index in [2.05, 4.69) is 0 Å². The molecule has 0 bridgehead atoms. The van der Waals surface area contributed by atoms with Crippen LogP contribution in [0.1, 0.15) is 0 Å². The molecule has 29 valence electrons. The van der Waals surface area contributed by atoms with Gasteiger partial charge in [-0.25, -0.2) is 0 Å². The van der Waals surface area contributed by atoms with Crippen molar-refractivity contribution in [2.45, 2.75) is 0 Å². The van der Waals surface area contributed by atoms with E-state index in [-0.39, 0.29) is 22.5 Å². The monoisotopic (exact) mass is 145 g/mol. The van der Waals surface area contributed by atoms with E-state index >= 15 is 0 Å². The fraction of sp³-hybridized carbons (Fsp3) is 0. The van der Waals surface area contributed by atoms with Crippen molar-refractivity contribution in [3.8, 4) is 0 Å². The summed E-state index contributed by atoms with van der Waals surface area (Å²) < 4.78 is 8.00. The molecule has 2 nitrogen and oxygen atoms in total. The maximum absolute atomic E-state index is 8.00. The molecule has 0 aromatic carbocycles. The van der Waals surface area contributed by atoms with Crippen LogP contribution < -0.4 is 0 Å². The molecule has 4 heteroatoms. The van der Waals surface area contributed by atoms with Gasteiger partial charge >= 0.3 is 19.8 Å². The predicted octanol–water partition coefficient (Wildman–Crippen LogP) is -0.949. The third kappa shape index (κ3) is 14.2. The molecule has 0 atom stereocenters. The topological polar surface area (TPSA) is 48.6 Å². The van der Waals surface area contributed by atoms with Crippen molar-refractivity contribution in [2.24, 2.45) is 0 Å². The summed E-state index contributed by atoms with van der Waals surface area (Å²) in [5.74, 6) is 0. The van der Waals surface area contributed by atoms with Crippen LogP contribution in [0.4, 0.5) is 0 Å². The molecule has 0 heterocycles. The Morgan fingerprint density at radius 1 is 1.25 bits per heavy atom. The van der Waals surface area contributed by atoms with Crippen molar-refractivity contribution in [1.29, 1.82) is 0 Å². The molecule has 0 aliphatic carbocycles. The first kappa shape index (κ1) is 21.4. The zero-order chi connectivity index (χ0) is 2.00. The fourth-order valence-corrected chi connectivity index (χ4v) is 0. The summed E-state index contributed by atoms with van der Waals surface area (Å²) in [5.41, 5.74) is 0. The Balaban J connectivity index is -0.00000000500. The molecule has 0 amide bonds. The Kier molecular flexibility index (Phi) is 249. The number of rotatable bonds is 0. The van der Waals surface area contributed by atoms with E-state index in [4.69, 9.17) is 3.83 Å². The van der Waals surface area contributed by atoms with Crippen molar-refractivity contribution >= 4 is 0 Å². The van der Waals surface area contributed by atoms with Crippen LogP contribution in [-0.2, 0) is 36.8 Å². The van der Waals surface area contributed by atoms with Crippen LogP contribution in [0.5, 0.6) is 0 Å². The zero-order valence-corrected chi connectivity index (χ0v) is 3.92. The van der Waals surface area contributed by atoms with Crippen LogP contribution in [0.3, 0.4) is 0 Å². The van der Waals surface area contributed by atoms with Gasteiger partial charge < -0.3 is 5.48 Å². The summed E-state index contributed by atoms with van der Waals surface area (Å²) >= 11 is 2.00. The normalized spacial score (nSPS) is 1.25. The standard InChI is InChI=1S/Fe.Mn.H2O.O/h;;1H2;. The average molecular weight is 145 g/mol. The quantitative estimate of drug-likeness (QED) is 0.405. The van der Waals surface area contributed by atoms with Gasteiger partial charge in [-0.15, -0.1) is 0 Å². The van der Waals surface area contributed by atoms with Gasteiger partial charge in [0, 0.05) is 17.1 Å². The molecule has 2 N–H and O–H groups in total. The second-order valence-electron chi connectivity index (χ2n) is 0. The van der Waals surface area contributed by atoms with Crippen LogP contribution in [0.25, 0.3) is 0 Å². The molecule has 0 spiro atoms. The van der Waals surface area contributed by atoms with Crippen LogP contribution in [0, 0.1) is 0 Å². The van der Waals surface area contributed by atoms with E-state index in [1.165, 1.54) is 0 Å². The first-order valence-electron chi connectivity index (χ1n) is 0.144. The first-order chi connectivity index (χ1) is 1.00. The Morgan fingerprint density at radius 2 is 1.25 bits per heavy atom. The minimum atomic E-state index is 0. The molecular weight excluding hydrogens is 143 g/mol. The minimum absolute atomic E-state index is 0. The van der Waals surface area contributed by atoms with Gasteiger partial charge in [0.15, 0.2) is 0 Å². The van der Waals surface area contributed by atoms with Gasteiger partial charge in [-0.1, -0.05) is 0 Å². The molecule has 0 aliphatic heterocycles. The second-order valence-corrected chi connectivity index (χ2v) is 0. The Bertz CT molecular complexity index is 6.00. The summed E-state index contributed by atoms with van der Waals surface area (Å²) in [6, 6.07) is 0. The van der Waals surface area contributed by atoms with Crippen molar-refractivity contribution < 1.29 is 42.3 Å². The summed E-state index contributed by atoms with van der Waals surface area (Å²) in [6.07, 6.45) is 0. The number of hydrogen-bond donors (Lipinski definition) is 0. The van der Waals surface area contributed by atoms with Crippen molar-refractivity contribution in [3.63, 3.8) is 0 Å². The summed E-state index contributed by atoms with van der Waals surface area (Å²) in [4.78, 5) is 0. The second kappa shape index (κ2) is 46.6. The van der Waals surface area contributed by atoms with E-state index < -0.39 is 0 Å². The van der Waals surface area contributed by atoms with E-state index in [1.54, 1.807) is 0 Å². The molecule has 0 aromatic heterocycles. The molecule has 0 aliphatic rings. The first-order valence-corrected chi connectivity index (χ1v) is 0.595. The van der Waals surface area contributed by atoms with Gasteiger partial charge in [0.1, 0.15) is 0 Å². The van der Waals surface area contributed by atoms with Crippen molar-refractivity contribution in [2.75, 3.05) is 0 Å². The summed E-state index contributed by atoms with van der Waals surface area (Å²) in [6.45, 7) is 0. The molecule has 0 unspecified atom stereocenters. The molecule has 4 heavy (non-hydrogen) atoms. The van der Waals surface area contributed by atoms with Gasteiger partial charge in [0.05, 0.1) is 0 Å². The third-order valence-electron chi connectivity index (χ3n) is 0. The molecular formula is H2FeMnO2. The van der Waals surface area contributed by atoms with Gasteiger partial charge in [0.2, 0.25) is 0 Å². The molecule has 0 saturated heterocycles. The Labute approximate surface area is 42.8 Å². The van der Waals surface area contributed by atoms with Crippen LogP contribution in [0.2, 0.25) is 0 Å². The molecule has 0 aromatic rings. The van der Waals surface area contributed by atoms with E-state index in [0.717, 1.165) is 0 Å². The van der Waals surface area contributed by atoms with Crippen LogP contribution >= 0.6 is 0 Å². The molecule has 0 saturated carbocycles. The average Bonchev–Trinajstić information content (AvgIpc) is 1.00. The van der Waals surface area contributed by atoms with Gasteiger partial charge in [0.25, 0.3) is 0 Å². The molecule has 0 fully saturated rings. The van der Waals surface area contributed by atoms with Gasteiger partial charge in [-0.05, 0) is 0 Å². The van der Waals surface area contributed by atoms with Crippen molar-refractivity contribution in [3.05, 3.63) is 0 Å². The van der Waals surface area contributed by atoms with Gasteiger partial charge in [-0.3, -0.25) is 0 Å². The van der Waals surface area contributed by atoms with Crippen molar-refractivity contribution in [1.82, 2.24) is 0 Å². The van der Waals surface area contributed by atoms with Crippen LogP contribution in [0.15, 0.2) is 0 Å². The van der Waals surface area contributed by atoms with E-state index in [1.807, 2.05) is 15.9 Å². The Hall–Kier alpha value is 0.799. The Morgan fingerprint density at radius 3 is 1.25 bits per heavy atom. The number of hydrogen-bond acceptors (Lipinski definition) is 1. The third-order valence-corrected chi connectivity index (χ3v) is 0. The molecule has 1 radical (unpaired) electrons. The van der Waals surface area contributed by atoms with Crippen LogP contribution in [-0.4, -0.2) is 5.48 Å². The maximum atomic E-state index is 8.00. The SMILES string of the molecule is O.[Mn].[O]=[Fe].